The van der Waals surface area contributed by atoms with Crippen LogP contribution in [0.25, 0.3) is 0 Å². The van der Waals surface area contributed by atoms with Gasteiger partial charge in [0.1, 0.15) is 10.4 Å². The van der Waals surface area contributed by atoms with Gasteiger partial charge in [-0.2, -0.15) is 0 Å². The molecular weight excluding hydrogens is 380 g/mol. The van der Waals surface area contributed by atoms with E-state index in [1.165, 1.54) is 19.3 Å². The van der Waals surface area contributed by atoms with Gasteiger partial charge in [-0.1, -0.05) is 25.3 Å². The van der Waals surface area contributed by atoms with Crippen molar-refractivity contribution in [3.05, 3.63) is 55.9 Å². The normalized spacial score (nSPS) is 18.9. The van der Waals surface area contributed by atoms with E-state index in [-0.39, 0.29) is 5.56 Å². The second kappa shape index (κ2) is 7.38. The minimum Gasteiger partial charge on any atom is -0.310 e. The van der Waals surface area contributed by atoms with E-state index in [4.69, 9.17) is 4.98 Å². The van der Waals surface area contributed by atoms with Crippen LogP contribution in [0.15, 0.2) is 27.7 Å². The summed E-state index contributed by atoms with van der Waals surface area (Å²) in [6.07, 6.45) is 8.74. The van der Waals surface area contributed by atoms with Gasteiger partial charge < -0.3 is 4.98 Å². The molecule has 25 heavy (non-hydrogen) atoms. The molecule has 0 spiro atoms. The van der Waals surface area contributed by atoms with Crippen LogP contribution in [-0.2, 0) is 19.5 Å². The van der Waals surface area contributed by atoms with E-state index in [9.17, 15) is 4.79 Å². The third kappa shape index (κ3) is 3.70. The molecule has 2 aliphatic rings. The van der Waals surface area contributed by atoms with Gasteiger partial charge in [0.15, 0.2) is 0 Å². The lowest BCUT2D eigenvalue weighted by Crippen LogP contribution is -2.36. The van der Waals surface area contributed by atoms with Gasteiger partial charge in [-0.15, -0.1) is 0 Å². The Labute approximate surface area is 156 Å². The fraction of sp³-hybridized carbons (Fsp3) is 0.526. The summed E-state index contributed by atoms with van der Waals surface area (Å²) in [5.74, 6) is 1.36. The summed E-state index contributed by atoms with van der Waals surface area (Å²) >= 11 is 3.50. The van der Waals surface area contributed by atoms with Gasteiger partial charge >= 0.3 is 0 Å². The fourth-order valence-electron chi connectivity index (χ4n) is 3.98. The average Bonchev–Trinajstić information content (AvgIpc) is 2.65. The Hall–Kier alpha value is -1.53. The molecule has 0 amide bonds. The lowest BCUT2D eigenvalue weighted by atomic mass is 9.88. The Morgan fingerprint density at radius 2 is 2.12 bits per heavy atom. The monoisotopic (exact) mass is 402 g/mol. The summed E-state index contributed by atoms with van der Waals surface area (Å²) in [7, 11) is 0. The Morgan fingerprint density at radius 3 is 2.92 bits per heavy atom. The molecule has 1 aliphatic carbocycles. The zero-order chi connectivity index (χ0) is 17.2. The average molecular weight is 403 g/mol. The molecule has 0 radical (unpaired) electrons. The van der Waals surface area contributed by atoms with Gasteiger partial charge in [0, 0.05) is 38.2 Å². The standard InChI is InChI=1S/C19H23BrN4O/c20-17-14(7-4-9-21-17)11-24-10-8-16-15(12-24)19(25)23-18(22-16)13-5-2-1-3-6-13/h4,7,9,13H,1-3,5-6,8,10-12H2,(H,22,23,25). The molecule has 0 bridgehead atoms. The van der Waals surface area contributed by atoms with Crippen LogP contribution >= 0.6 is 15.9 Å². The van der Waals surface area contributed by atoms with Crippen LogP contribution in [0.4, 0.5) is 0 Å². The highest BCUT2D eigenvalue weighted by molar-refractivity contribution is 9.10. The zero-order valence-corrected chi connectivity index (χ0v) is 15.9. The van der Waals surface area contributed by atoms with Crippen molar-refractivity contribution in [1.82, 2.24) is 19.9 Å². The summed E-state index contributed by atoms with van der Waals surface area (Å²) in [5, 5.41) is 0. The molecule has 5 nitrogen and oxygen atoms in total. The number of nitrogens with zero attached hydrogens (tertiary/aromatic N) is 3. The molecule has 3 heterocycles. The van der Waals surface area contributed by atoms with Crippen molar-refractivity contribution in [3.8, 4) is 0 Å². The van der Waals surface area contributed by atoms with Crippen LogP contribution in [0.5, 0.6) is 0 Å². The second-order valence-corrected chi connectivity index (χ2v) is 7.88. The first kappa shape index (κ1) is 16.9. The molecule has 0 atom stereocenters. The van der Waals surface area contributed by atoms with Crippen molar-refractivity contribution in [1.29, 1.82) is 0 Å². The fourth-order valence-corrected chi connectivity index (χ4v) is 4.36. The Kier molecular flexibility index (Phi) is 4.99. The highest BCUT2D eigenvalue weighted by atomic mass is 79.9. The number of hydrogen-bond donors (Lipinski definition) is 1. The predicted molar refractivity (Wildman–Crippen MR) is 100 cm³/mol. The third-order valence-corrected chi connectivity index (χ3v) is 6.10. The maximum Gasteiger partial charge on any atom is 0.255 e. The Bertz CT molecular complexity index is 813. The molecule has 1 aliphatic heterocycles. The minimum absolute atomic E-state index is 0.0560. The van der Waals surface area contributed by atoms with E-state index in [0.717, 1.165) is 59.6 Å². The Morgan fingerprint density at radius 1 is 1.28 bits per heavy atom. The largest absolute Gasteiger partial charge is 0.310 e. The molecule has 1 N–H and O–H groups in total. The molecule has 1 fully saturated rings. The molecule has 2 aromatic heterocycles. The van der Waals surface area contributed by atoms with Crippen molar-refractivity contribution < 1.29 is 0 Å². The second-order valence-electron chi connectivity index (χ2n) is 7.13. The van der Waals surface area contributed by atoms with Crippen LogP contribution < -0.4 is 5.56 Å². The van der Waals surface area contributed by atoms with Gasteiger partial charge in [0.2, 0.25) is 0 Å². The van der Waals surface area contributed by atoms with Gasteiger partial charge in [-0.05, 0) is 40.4 Å². The van der Waals surface area contributed by atoms with E-state index >= 15 is 0 Å². The highest BCUT2D eigenvalue weighted by Gasteiger charge is 2.24. The number of rotatable bonds is 3. The quantitative estimate of drug-likeness (QED) is 0.797. The topological polar surface area (TPSA) is 61.9 Å². The van der Waals surface area contributed by atoms with Gasteiger partial charge in [-0.25, -0.2) is 9.97 Å². The molecule has 2 aromatic rings. The van der Waals surface area contributed by atoms with Crippen LogP contribution in [0.3, 0.4) is 0 Å². The summed E-state index contributed by atoms with van der Waals surface area (Å²) in [4.78, 5) is 27.2. The van der Waals surface area contributed by atoms with Gasteiger partial charge in [-0.3, -0.25) is 9.69 Å². The number of nitrogens with one attached hydrogen (secondary N) is 1. The van der Waals surface area contributed by atoms with Crippen molar-refractivity contribution >= 4 is 15.9 Å². The van der Waals surface area contributed by atoms with Crippen LogP contribution in [0, 0.1) is 0 Å². The summed E-state index contributed by atoms with van der Waals surface area (Å²) < 4.78 is 0.875. The van der Waals surface area contributed by atoms with Crippen molar-refractivity contribution in [3.63, 3.8) is 0 Å². The summed E-state index contributed by atoms with van der Waals surface area (Å²) in [6.45, 7) is 2.37. The molecule has 6 heteroatoms. The molecule has 0 saturated heterocycles. The van der Waals surface area contributed by atoms with E-state index in [0.29, 0.717) is 12.5 Å². The summed E-state index contributed by atoms with van der Waals surface area (Å²) in [5.41, 5.74) is 3.05. The van der Waals surface area contributed by atoms with Crippen molar-refractivity contribution in [2.75, 3.05) is 6.54 Å². The van der Waals surface area contributed by atoms with Gasteiger partial charge in [0.05, 0.1) is 11.3 Å². The number of aromatic nitrogens is 3. The molecule has 4 rings (SSSR count). The summed E-state index contributed by atoms with van der Waals surface area (Å²) in [6, 6.07) is 4.02. The minimum atomic E-state index is 0.0560. The van der Waals surface area contributed by atoms with E-state index < -0.39 is 0 Å². The molecule has 132 valence electrons. The molecular formula is C19H23BrN4O. The highest BCUT2D eigenvalue weighted by Crippen LogP contribution is 2.31. The van der Waals surface area contributed by atoms with Crippen LogP contribution in [-0.4, -0.2) is 26.4 Å². The maximum absolute atomic E-state index is 12.6. The number of pyridine rings is 1. The number of H-pyrrole nitrogens is 1. The Balaban J connectivity index is 1.53. The number of fused-ring (bicyclic) bond motifs is 1. The zero-order valence-electron chi connectivity index (χ0n) is 14.3. The van der Waals surface area contributed by atoms with Crippen LogP contribution in [0.1, 0.15) is 60.7 Å². The SMILES string of the molecule is O=c1[nH]c(C2CCCCC2)nc2c1CN(Cc1cccnc1Br)CC2. The van der Waals surface area contributed by atoms with E-state index in [1.54, 1.807) is 6.20 Å². The van der Waals surface area contributed by atoms with E-state index in [2.05, 4.69) is 36.9 Å². The number of halogens is 1. The first-order valence-electron chi connectivity index (χ1n) is 9.14. The van der Waals surface area contributed by atoms with Crippen molar-refractivity contribution in [2.45, 2.75) is 57.5 Å². The predicted octanol–water partition coefficient (Wildman–Crippen LogP) is 3.53. The third-order valence-electron chi connectivity index (χ3n) is 5.39. The molecule has 1 saturated carbocycles. The maximum atomic E-state index is 12.6. The smallest absolute Gasteiger partial charge is 0.255 e. The first-order valence-corrected chi connectivity index (χ1v) is 9.93. The van der Waals surface area contributed by atoms with Crippen molar-refractivity contribution in [2.24, 2.45) is 0 Å². The number of aromatic amines is 1. The first-order chi connectivity index (χ1) is 12.2. The lowest BCUT2D eigenvalue weighted by Gasteiger charge is -2.29. The number of hydrogen-bond acceptors (Lipinski definition) is 4. The van der Waals surface area contributed by atoms with Gasteiger partial charge in [0.25, 0.3) is 5.56 Å². The lowest BCUT2D eigenvalue weighted by molar-refractivity contribution is 0.240. The molecule has 0 aromatic carbocycles. The van der Waals surface area contributed by atoms with E-state index in [1.807, 2.05) is 6.07 Å². The molecule has 0 unspecified atom stereocenters. The van der Waals surface area contributed by atoms with Crippen LogP contribution in [0.2, 0.25) is 0 Å².